The summed E-state index contributed by atoms with van der Waals surface area (Å²) in [7, 11) is 1.57. The van der Waals surface area contributed by atoms with Crippen LogP contribution < -0.4 is 10.1 Å². The number of amidine groups is 1. The van der Waals surface area contributed by atoms with Crippen LogP contribution in [0.4, 0.5) is 0 Å². The summed E-state index contributed by atoms with van der Waals surface area (Å²) < 4.78 is 5.08. The topological polar surface area (TPSA) is 80.1 Å². The van der Waals surface area contributed by atoms with Crippen LogP contribution in [0.15, 0.2) is 70.9 Å². The molecule has 0 radical (unpaired) electrons. The van der Waals surface area contributed by atoms with Crippen molar-refractivity contribution in [3.05, 3.63) is 71.8 Å². The van der Waals surface area contributed by atoms with E-state index in [4.69, 9.17) is 4.74 Å². The van der Waals surface area contributed by atoms with E-state index in [2.05, 4.69) is 15.5 Å². The van der Waals surface area contributed by atoms with E-state index in [1.165, 1.54) is 11.8 Å². The van der Waals surface area contributed by atoms with Gasteiger partial charge in [0.25, 0.3) is 0 Å². The van der Waals surface area contributed by atoms with E-state index in [-0.39, 0.29) is 18.1 Å². The van der Waals surface area contributed by atoms with E-state index < -0.39 is 5.25 Å². The summed E-state index contributed by atoms with van der Waals surface area (Å²) in [6.07, 6.45) is 5.31. The van der Waals surface area contributed by atoms with Gasteiger partial charge in [-0.3, -0.25) is 9.59 Å². The van der Waals surface area contributed by atoms with Crippen LogP contribution in [0.5, 0.6) is 5.75 Å². The Hall–Kier alpha value is -3.19. The molecule has 1 atom stereocenters. The third-order valence-electron chi connectivity index (χ3n) is 3.95. The molecule has 7 heteroatoms. The Balaban J connectivity index is 1.53. The first-order valence-electron chi connectivity index (χ1n) is 8.63. The second-order valence-electron chi connectivity index (χ2n) is 5.89. The van der Waals surface area contributed by atoms with Crippen molar-refractivity contribution in [3.8, 4) is 5.75 Å². The molecular formula is C21H19N3O3S. The Morgan fingerprint density at radius 2 is 1.93 bits per heavy atom. The average Bonchev–Trinajstić information content (AvgIpc) is 3.07. The first kappa shape index (κ1) is 19.6. The summed E-state index contributed by atoms with van der Waals surface area (Å²) in [5.74, 6) is 0.338. The van der Waals surface area contributed by atoms with Crippen molar-refractivity contribution >= 4 is 40.9 Å². The standard InChI is InChI=1S/C21H19N3O3S/c1-27-17-11-9-16(10-12-17)18(25)14-19-20(26)23-21(28-19)24-22-13-5-8-15-6-3-2-4-7-15/h2-13,19H,14H2,1H3,(H,23,24,26)/b8-5+,22-13-/t19-/m0/s1. The zero-order valence-electron chi connectivity index (χ0n) is 15.2. The van der Waals surface area contributed by atoms with Gasteiger partial charge in [-0.2, -0.15) is 5.10 Å². The zero-order chi connectivity index (χ0) is 19.8. The van der Waals surface area contributed by atoms with E-state index in [0.717, 1.165) is 5.56 Å². The number of carbonyl (C=O) groups is 2. The lowest BCUT2D eigenvalue weighted by molar-refractivity contribution is -0.118. The Kier molecular flexibility index (Phi) is 6.75. The van der Waals surface area contributed by atoms with E-state index in [1.807, 2.05) is 36.4 Å². The number of Topliss-reactive ketones (excluding diaryl/α,β-unsaturated/α-hetero) is 1. The van der Waals surface area contributed by atoms with Gasteiger partial charge in [-0.05, 0) is 35.9 Å². The summed E-state index contributed by atoms with van der Waals surface area (Å²) in [6.45, 7) is 0. The third-order valence-corrected chi connectivity index (χ3v) is 5.02. The quantitative estimate of drug-likeness (QED) is 0.443. The summed E-state index contributed by atoms with van der Waals surface area (Å²) in [5.41, 5.74) is 1.60. The number of methoxy groups -OCH3 is 1. The van der Waals surface area contributed by atoms with Gasteiger partial charge in [0, 0.05) is 18.2 Å². The summed E-state index contributed by atoms with van der Waals surface area (Å²) in [5, 5.41) is 10.5. The summed E-state index contributed by atoms with van der Waals surface area (Å²) >= 11 is 1.21. The molecule has 1 N–H and O–H groups in total. The number of benzene rings is 2. The molecule has 1 amide bonds. The molecule has 0 spiro atoms. The second-order valence-corrected chi connectivity index (χ2v) is 7.08. The van der Waals surface area contributed by atoms with Crippen molar-refractivity contribution in [1.29, 1.82) is 0 Å². The van der Waals surface area contributed by atoms with Crippen LogP contribution in [0.3, 0.4) is 0 Å². The van der Waals surface area contributed by atoms with Crippen molar-refractivity contribution < 1.29 is 14.3 Å². The number of ether oxygens (including phenoxy) is 1. The minimum absolute atomic E-state index is 0.0967. The molecule has 28 heavy (non-hydrogen) atoms. The highest BCUT2D eigenvalue weighted by Crippen LogP contribution is 2.24. The molecule has 2 aromatic rings. The fourth-order valence-corrected chi connectivity index (χ4v) is 3.42. The fraction of sp³-hybridized carbons (Fsp3) is 0.143. The number of rotatable bonds is 7. The highest BCUT2D eigenvalue weighted by atomic mass is 32.2. The van der Waals surface area contributed by atoms with Gasteiger partial charge in [0.2, 0.25) is 5.91 Å². The van der Waals surface area contributed by atoms with Crippen molar-refractivity contribution in [1.82, 2.24) is 5.32 Å². The maximum atomic E-state index is 12.4. The van der Waals surface area contributed by atoms with Gasteiger partial charge < -0.3 is 10.1 Å². The Morgan fingerprint density at radius 1 is 1.18 bits per heavy atom. The lowest BCUT2D eigenvalue weighted by Crippen LogP contribution is -2.26. The van der Waals surface area contributed by atoms with Crippen LogP contribution in [-0.4, -0.2) is 35.4 Å². The molecule has 2 aromatic carbocycles. The van der Waals surface area contributed by atoms with Crippen LogP contribution in [-0.2, 0) is 4.79 Å². The molecule has 0 saturated carbocycles. The fourth-order valence-electron chi connectivity index (χ4n) is 2.49. The van der Waals surface area contributed by atoms with Gasteiger partial charge in [-0.15, -0.1) is 5.10 Å². The van der Waals surface area contributed by atoms with Crippen molar-refractivity contribution in [3.63, 3.8) is 0 Å². The molecule has 0 unspecified atom stereocenters. The van der Waals surface area contributed by atoms with Crippen LogP contribution in [0.1, 0.15) is 22.3 Å². The van der Waals surface area contributed by atoms with E-state index in [0.29, 0.717) is 16.5 Å². The molecular weight excluding hydrogens is 374 g/mol. The zero-order valence-corrected chi connectivity index (χ0v) is 16.1. The molecule has 0 bridgehead atoms. The molecule has 3 rings (SSSR count). The van der Waals surface area contributed by atoms with Gasteiger partial charge in [0.1, 0.15) is 5.75 Å². The Labute approximate surface area is 167 Å². The van der Waals surface area contributed by atoms with Crippen LogP contribution in [0, 0.1) is 0 Å². The maximum absolute atomic E-state index is 12.4. The molecule has 0 aromatic heterocycles. The van der Waals surface area contributed by atoms with E-state index in [9.17, 15) is 9.59 Å². The van der Waals surface area contributed by atoms with Crippen LogP contribution in [0.2, 0.25) is 0 Å². The van der Waals surface area contributed by atoms with Crippen molar-refractivity contribution in [2.75, 3.05) is 7.11 Å². The number of thioether (sulfide) groups is 1. The highest BCUT2D eigenvalue weighted by Gasteiger charge is 2.32. The van der Waals surface area contributed by atoms with Crippen molar-refractivity contribution in [2.24, 2.45) is 10.2 Å². The molecule has 142 valence electrons. The largest absolute Gasteiger partial charge is 0.497 e. The van der Waals surface area contributed by atoms with Crippen molar-refractivity contribution in [2.45, 2.75) is 11.7 Å². The third kappa shape index (κ3) is 5.40. The van der Waals surface area contributed by atoms with Gasteiger partial charge in [-0.1, -0.05) is 48.2 Å². The summed E-state index contributed by atoms with van der Waals surface area (Å²) in [6, 6.07) is 16.6. The Morgan fingerprint density at radius 3 is 2.64 bits per heavy atom. The van der Waals surface area contributed by atoms with E-state index >= 15 is 0 Å². The second kappa shape index (κ2) is 9.66. The number of ketones is 1. The van der Waals surface area contributed by atoms with Gasteiger partial charge in [0.05, 0.1) is 12.4 Å². The lowest BCUT2D eigenvalue weighted by atomic mass is 10.1. The predicted octanol–water partition coefficient (Wildman–Crippen LogP) is 3.55. The smallest absolute Gasteiger partial charge is 0.240 e. The molecule has 1 saturated heterocycles. The van der Waals surface area contributed by atoms with E-state index in [1.54, 1.807) is 43.7 Å². The van der Waals surface area contributed by atoms with Crippen LogP contribution >= 0.6 is 11.8 Å². The molecule has 1 aliphatic rings. The predicted molar refractivity (Wildman–Crippen MR) is 113 cm³/mol. The highest BCUT2D eigenvalue weighted by molar-refractivity contribution is 8.15. The maximum Gasteiger partial charge on any atom is 0.240 e. The Bertz CT molecular complexity index is 922. The van der Waals surface area contributed by atoms with Gasteiger partial charge >= 0.3 is 0 Å². The number of nitrogens with zero attached hydrogens (tertiary/aromatic N) is 2. The number of nitrogens with one attached hydrogen (secondary N) is 1. The number of amides is 1. The normalized spacial score (nSPS) is 18.1. The number of hydrogen-bond acceptors (Lipinski definition) is 6. The first-order valence-corrected chi connectivity index (χ1v) is 9.51. The minimum atomic E-state index is -0.511. The molecule has 0 aliphatic carbocycles. The van der Waals surface area contributed by atoms with Crippen LogP contribution in [0.25, 0.3) is 6.08 Å². The summed E-state index contributed by atoms with van der Waals surface area (Å²) in [4.78, 5) is 24.4. The first-order chi connectivity index (χ1) is 13.7. The monoisotopic (exact) mass is 393 g/mol. The number of carbonyl (C=O) groups excluding carboxylic acids is 2. The van der Waals surface area contributed by atoms with Gasteiger partial charge in [0.15, 0.2) is 11.0 Å². The molecule has 1 aliphatic heterocycles. The molecule has 1 heterocycles. The SMILES string of the molecule is COc1ccc(C(=O)C[C@@H]2S/C(=N/N=C\C=C\c3ccccc3)NC2=O)cc1. The molecule has 1 fully saturated rings. The minimum Gasteiger partial charge on any atom is -0.497 e. The number of hydrogen-bond donors (Lipinski definition) is 1. The molecule has 6 nitrogen and oxygen atoms in total. The lowest BCUT2D eigenvalue weighted by Gasteiger charge is -2.05. The van der Waals surface area contributed by atoms with Gasteiger partial charge in [-0.25, -0.2) is 0 Å². The number of allylic oxidation sites excluding steroid dienone is 1. The average molecular weight is 393 g/mol.